The van der Waals surface area contributed by atoms with Crippen molar-refractivity contribution < 1.29 is 9.59 Å². The van der Waals surface area contributed by atoms with Crippen molar-refractivity contribution in [3.63, 3.8) is 0 Å². The number of hydrogen-bond acceptors (Lipinski definition) is 6. The maximum atomic E-state index is 13.4. The van der Waals surface area contributed by atoms with Crippen LogP contribution in [-0.4, -0.2) is 36.8 Å². The lowest BCUT2D eigenvalue weighted by molar-refractivity contribution is -0.127. The number of nitrogens with zero attached hydrogens (tertiary/aromatic N) is 4. The van der Waals surface area contributed by atoms with Gasteiger partial charge in [0.15, 0.2) is 5.69 Å². The van der Waals surface area contributed by atoms with Gasteiger partial charge in [-0.05, 0) is 61.6 Å². The van der Waals surface area contributed by atoms with E-state index in [0.29, 0.717) is 10.6 Å². The second-order valence-electron chi connectivity index (χ2n) is 7.74. The Balaban J connectivity index is 2.09. The molecule has 2 aromatic heterocycles. The molecule has 0 fully saturated rings. The van der Waals surface area contributed by atoms with E-state index < -0.39 is 17.5 Å². The minimum atomic E-state index is -0.905. The number of carbonyl (C=O) groups is 2. The first-order valence-corrected chi connectivity index (χ1v) is 10.5. The van der Waals surface area contributed by atoms with Crippen molar-refractivity contribution in [3.05, 3.63) is 76.0 Å². The van der Waals surface area contributed by atoms with Crippen LogP contribution in [0.2, 0.25) is 5.02 Å². The molecule has 1 atom stereocenters. The highest BCUT2D eigenvalue weighted by molar-refractivity contribution is 7.03. The molecule has 0 aliphatic heterocycles. The summed E-state index contributed by atoms with van der Waals surface area (Å²) in [6.07, 6.45) is 3.19. The summed E-state index contributed by atoms with van der Waals surface area (Å²) in [6.45, 7) is 5.79. The molecule has 0 radical (unpaired) electrons. The van der Waals surface area contributed by atoms with Crippen LogP contribution >= 0.6 is 23.1 Å². The Morgan fingerprint density at radius 3 is 2.47 bits per heavy atom. The van der Waals surface area contributed by atoms with Gasteiger partial charge in [0, 0.05) is 34.9 Å². The summed E-state index contributed by atoms with van der Waals surface area (Å²) in [4.78, 5) is 32.3. The molecule has 30 heavy (non-hydrogen) atoms. The molecule has 0 spiro atoms. The van der Waals surface area contributed by atoms with Crippen LogP contribution in [-0.2, 0) is 11.3 Å². The molecular weight excluding hydrogens is 422 g/mol. The van der Waals surface area contributed by atoms with Gasteiger partial charge in [-0.3, -0.25) is 14.6 Å². The maximum absolute atomic E-state index is 13.4. The van der Waals surface area contributed by atoms with Gasteiger partial charge in [0.2, 0.25) is 5.91 Å². The van der Waals surface area contributed by atoms with Gasteiger partial charge >= 0.3 is 0 Å². The van der Waals surface area contributed by atoms with Crippen LogP contribution in [0.4, 0.5) is 0 Å². The molecule has 0 bridgehead atoms. The number of halogens is 1. The topological polar surface area (TPSA) is 88.1 Å². The third-order valence-electron chi connectivity index (χ3n) is 4.22. The molecule has 156 valence electrons. The normalized spacial score (nSPS) is 12.3. The van der Waals surface area contributed by atoms with Gasteiger partial charge < -0.3 is 10.2 Å². The number of rotatable bonds is 6. The summed E-state index contributed by atoms with van der Waals surface area (Å²) < 4.78 is 3.79. The van der Waals surface area contributed by atoms with E-state index in [9.17, 15) is 9.59 Å². The lowest BCUT2D eigenvalue weighted by Gasteiger charge is -2.33. The van der Waals surface area contributed by atoms with Crippen LogP contribution in [0, 0.1) is 0 Å². The van der Waals surface area contributed by atoms with E-state index in [2.05, 4.69) is 19.9 Å². The number of amides is 2. The van der Waals surface area contributed by atoms with Crippen molar-refractivity contribution >= 4 is 34.9 Å². The van der Waals surface area contributed by atoms with E-state index in [1.54, 1.807) is 36.0 Å². The molecular formula is C21H22ClN5O2S. The third-order valence-corrected chi connectivity index (χ3v) is 5.09. The molecule has 2 amide bonds. The minimum Gasteiger partial charge on any atom is -0.349 e. The Hall–Kier alpha value is -2.84. The second kappa shape index (κ2) is 9.32. The van der Waals surface area contributed by atoms with E-state index in [0.717, 1.165) is 17.1 Å². The van der Waals surface area contributed by atoms with Crippen LogP contribution in [0.3, 0.4) is 0 Å². The van der Waals surface area contributed by atoms with Gasteiger partial charge in [0.1, 0.15) is 6.04 Å². The van der Waals surface area contributed by atoms with Crippen LogP contribution < -0.4 is 5.32 Å². The van der Waals surface area contributed by atoms with E-state index in [1.165, 1.54) is 4.90 Å². The molecule has 0 aliphatic carbocycles. The fourth-order valence-corrected chi connectivity index (χ4v) is 3.58. The van der Waals surface area contributed by atoms with Gasteiger partial charge in [-0.15, -0.1) is 5.10 Å². The number of nitrogens with one attached hydrogen (secondary N) is 1. The standard InChI is InChI=1S/C21H22ClN5O2S/c1-21(2,3)24-19(28)18(14-8-10-23-11-9-14)27(20(29)17-13-30-26-25-17)12-15-6-4-5-7-16(15)22/h4-11,13,18H,12H2,1-3H3,(H,24,28)/t18-/m1/s1. The van der Waals surface area contributed by atoms with Crippen molar-refractivity contribution in [2.75, 3.05) is 0 Å². The Bertz CT molecular complexity index is 1010. The number of aromatic nitrogens is 3. The molecule has 0 saturated heterocycles. The summed E-state index contributed by atoms with van der Waals surface area (Å²) >= 11 is 7.44. The molecule has 1 aromatic carbocycles. The number of pyridine rings is 1. The predicted molar refractivity (Wildman–Crippen MR) is 116 cm³/mol. The molecule has 9 heteroatoms. The zero-order valence-electron chi connectivity index (χ0n) is 16.9. The first-order chi connectivity index (χ1) is 14.3. The molecule has 2 heterocycles. The van der Waals surface area contributed by atoms with Crippen molar-refractivity contribution in [2.45, 2.75) is 38.9 Å². The first kappa shape index (κ1) is 21.9. The van der Waals surface area contributed by atoms with Crippen molar-refractivity contribution in [2.24, 2.45) is 0 Å². The van der Waals surface area contributed by atoms with Gasteiger partial charge in [0.25, 0.3) is 5.91 Å². The Morgan fingerprint density at radius 2 is 1.87 bits per heavy atom. The van der Waals surface area contributed by atoms with Crippen LogP contribution in [0.5, 0.6) is 0 Å². The zero-order chi connectivity index (χ0) is 21.7. The summed E-state index contributed by atoms with van der Waals surface area (Å²) in [5, 5.41) is 8.96. The van der Waals surface area contributed by atoms with Crippen molar-refractivity contribution in [1.82, 2.24) is 24.8 Å². The summed E-state index contributed by atoms with van der Waals surface area (Å²) in [7, 11) is 0. The number of carbonyl (C=O) groups excluding carboxylic acids is 2. The first-order valence-electron chi connectivity index (χ1n) is 9.29. The van der Waals surface area contributed by atoms with E-state index >= 15 is 0 Å². The second-order valence-corrected chi connectivity index (χ2v) is 8.75. The molecule has 0 saturated carbocycles. The van der Waals surface area contributed by atoms with Gasteiger partial charge in [-0.2, -0.15) is 0 Å². The highest BCUT2D eigenvalue weighted by Gasteiger charge is 2.35. The number of benzene rings is 1. The fourth-order valence-electron chi connectivity index (χ4n) is 2.95. The average Bonchev–Trinajstić information content (AvgIpc) is 3.23. The van der Waals surface area contributed by atoms with Crippen LogP contribution in [0.25, 0.3) is 0 Å². The van der Waals surface area contributed by atoms with E-state index in [1.807, 2.05) is 39.0 Å². The molecule has 0 unspecified atom stereocenters. The SMILES string of the molecule is CC(C)(C)NC(=O)[C@@H](c1ccncc1)N(Cc1ccccc1Cl)C(=O)c1csnn1. The lowest BCUT2D eigenvalue weighted by Crippen LogP contribution is -2.49. The maximum Gasteiger partial charge on any atom is 0.276 e. The molecule has 1 N–H and O–H groups in total. The highest BCUT2D eigenvalue weighted by Crippen LogP contribution is 2.28. The van der Waals surface area contributed by atoms with Crippen LogP contribution in [0.15, 0.2) is 54.2 Å². The summed E-state index contributed by atoms with van der Waals surface area (Å²) in [5.74, 6) is -0.716. The van der Waals surface area contributed by atoms with Crippen molar-refractivity contribution in [3.8, 4) is 0 Å². The van der Waals surface area contributed by atoms with E-state index in [-0.39, 0.29) is 18.1 Å². The predicted octanol–water partition coefficient (Wildman–Crippen LogP) is 3.88. The molecule has 3 aromatic rings. The summed E-state index contributed by atoms with van der Waals surface area (Å²) in [6, 6.07) is 9.77. The van der Waals surface area contributed by atoms with Crippen molar-refractivity contribution in [1.29, 1.82) is 0 Å². The Morgan fingerprint density at radius 1 is 1.17 bits per heavy atom. The Kier molecular flexibility index (Phi) is 6.79. The smallest absolute Gasteiger partial charge is 0.276 e. The fraction of sp³-hybridized carbons (Fsp3) is 0.286. The molecule has 3 rings (SSSR count). The van der Waals surface area contributed by atoms with Gasteiger partial charge in [-0.1, -0.05) is 34.3 Å². The zero-order valence-corrected chi connectivity index (χ0v) is 18.4. The highest BCUT2D eigenvalue weighted by atomic mass is 35.5. The largest absolute Gasteiger partial charge is 0.349 e. The Labute approximate surface area is 184 Å². The van der Waals surface area contributed by atoms with Gasteiger partial charge in [0.05, 0.1) is 0 Å². The number of hydrogen-bond donors (Lipinski definition) is 1. The monoisotopic (exact) mass is 443 g/mol. The quantitative estimate of drug-likeness (QED) is 0.624. The third kappa shape index (κ3) is 5.40. The molecule has 7 nitrogen and oxygen atoms in total. The lowest BCUT2D eigenvalue weighted by atomic mass is 10.0. The van der Waals surface area contributed by atoms with Gasteiger partial charge in [-0.25, -0.2) is 0 Å². The summed E-state index contributed by atoms with van der Waals surface area (Å²) in [5.41, 5.74) is 1.05. The van der Waals surface area contributed by atoms with Crippen LogP contribution in [0.1, 0.15) is 48.4 Å². The minimum absolute atomic E-state index is 0.126. The average molecular weight is 444 g/mol. The van der Waals surface area contributed by atoms with E-state index in [4.69, 9.17) is 11.6 Å². The molecule has 0 aliphatic rings.